The lowest BCUT2D eigenvalue weighted by molar-refractivity contribution is -0.138. The minimum Gasteiger partial charge on any atom is -0.486 e. The van der Waals surface area contributed by atoms with E-state index in [1.54, 1.807) is 42.5 Å². The average molecular weight is 1910 g/mol. The van der Waals surface area contributed by atoms with Crippen molar-refractivity contribution in [3.63, 3.8) is 0 Å². The molecule has 1 heterocycles. The Kier molecular flexibility index (Phi) is 35.9. The van der Waals surface area contributed by atoms with Crippen LogP contribution in [0, 0.1) is 62.1 Å². The van der Waals surface area contributed by atoms with Gasteiger partial charge in [-0.2, -0.15) is 52.7 Å². The molecule has 0 radical (unpaired) electrons. The van der Waals surface area contributed by atoms with Gasteiger partial charge in [0.2, 0.25) is 23.6 Å². The smallest absolute Gasteiger partial charge is 0.416 e. The summed E-state index contributed by atoms with van der Waals surface area (Å²) in [5.74, 6) is 1.70. The molecule has 4 atom stereocenters. The molecule has 13 rings (SSSR count). The number of anilines is 4. The van der Waals surface area contributed by atoms with Crippen LogP contribution >= 0.6 is 34.8 Å². The minimum atomic E-state index is -4.69. The largest absolute Gasteiger partial charge is 0.486 e. The van der Waals surface area contributed by atoms with Crippen molar-refractivity contribution in [3.05, 3.63) is 247 Å². The number of carbonyl (C=O) groups excluding carboxylic acids is 8. The van der Waals surface area contributed by atoms with Gasteiger partial charge in [0.25, 0.3) is 0 Å². The number of benzene rings is 8. The average Bonchev–Trinajstić information content (AvgIpc) is 0.832. The summed E-state index contributed by atoms with van der Waals surface area (Å²) in [4.78, 5) is 109. The molecule has 8 aromatic carbocycles. The van der Waals surface area contributed by atoms with Crippen molar-refractivity contribution in [2.75, 3.05) is 32.8 Å². The quantitative estimate of drug-likeness (QED) is 0.0418. The maximum atomic E-state index is 13.7. The van der Waals surface area contributed by atoms with Crippen molar-refractivity contribution in [3.8, 4) is 60.9 Å². The SMILES string of the molecule is C#CC(=O)N(c1cccc(C(F)(F)F)c1)C(C(=O)NC1CCCCC1)c1c(Cl)cccc1Cl.C#CC(=O)N(c1cccc(C(F)(F)F)c1)C(C(=O)NC1CCCCC1)c1ccc(F)cc1Cl.C#CC(=O)N(c1cccc(C(F)(F)F)c1)C(C(=O)NC1CCCCC1)c1ccc2c(c1)OCCO2.C#CC(=O)N(c1cccc(C(F)(F)F)c1)C(C(=O)NC1CCCCC1)c1cccc(C)c1. The zero-order valence-corrected chi connectivity index (χ0v) is 73.9. The van der Waals surface area contributed by atoms with Crippen LogP contribution in [0.5, 0.6) is 11.5 Å². The summed E-state index contributed by atoms with van der Waals surface area (Å²) >= 11 is 18.9. The lowest BCUT2D eigenvalue weighted by atomic mass is 9.94. The van der Waals surface area contributed by atoms with E-state index in [1.807, 2.05) is 36.7 Å². The zero-order chi connectivity index (χ0) is 96.7. The van der Waals surface area contributed by atoms with E-state index in [2.05, 4.69) is 21.3 Å². The maximum absolute atomic E-state index is 13.7. The fourth-order valence-electron chi connectivity index (χ4n) is 16.4. The molecule has 5 aliphatic rings. The maximum Gasteiger partial charge on any atom is 0.416 e. The highest BCUT2D eigenvalue weighted by Gasteiger charge is 2.44. The molecule has 18 nitrogen and oxygen atoms in total. The molecule has 700 valence electrons. The van der Waals surface area contributed by atoms with Crippen molar-refractivity contribution in [1.29, 1.82) is 0 Å². The molecule has 1 aliphatic heterocycles. The van der Waals surface area contributed by atoms with Crippen LogP contribution in [0.2, 0.25) is 15.1 Å². The first-order chi connectivity index (χ1) is 63.2. The molecule has 0 spiro atoms. The Morgan fingerprint density at radius 2 is 0.647 bits per heavy atom. The van der Waals surface area contributed by atoms with Crippen LogP contribution in [0.1, 0.15) is 203 Å². The fourth-order valence-corrected chi connectivity index (χ4v) is 17.3. The molecule has 4 saturated carbocycles. The predicted molar refractivity (Wildman–Crippen MR) is 479 cm³/mol. The molecule has 0 bridgehead atoms. The summed E-state index contributed by atoms with van der Waals surface area (Å²) in [5.41, 5.74) is -2.81. The molecule has 4 N–H and O–H groups in total. The first-order valence-corrected chi connectivity index (χ1v) is 43.8. The molecular formula is C99H92Cl3F13N8O10. The van der Waals surface area contributed by atoms with Gasteiger partial charge in [-0.1, -0.05) is 184 Å². The van der Waals surface area contributed by atoms with Gasteiger partial charge < -0.3 is 30.7 Å². The number of amides is 8. The van der Waals surface area contributed by atoms with E-state index in [0.29, 0.717) is 35.8 Å². The van der Waals surface area contributed by atoms with E-state index in [1.165, 1.54) is 54.6 Å². The molecule has 133 heavy (non-hydrogen) atoms. The number of hydrogen-bond acceptors (Lipinski definition) is 10. The van der Waals surface area contributed by atoms with Gasteiger partial charge in [-0.3, -0.25) is 58.0 Å². The number of carbonyl (C=O) groups is 8. The summed E-state index contributed by atoms with van der Waals surface area (Å²) in [6, 6.07) is 30.0. The third kappa shape index (κ3) is 27.5. The summed E-state index contributed by atoms with van der Waals surface area (Å²) in [5, 5.41) is 11.7. The van der Waals surface area contributed by atoms with Crippen molar-refractivity contribution in [1.82, 2.24) is 21.3 Å². The van der Waals surface area contributed by atoms with E-state index < -0.39 is 124 Å². The molecule has 4 aliphatic carbocycles. The third-order valence-electron chi connectivity index (χ3n) is 22.8. The summed E-state index contributed by atoms with van der Waals surface area (Å²) in [6.07, 6.45) is 20.8. The van der Waals surface area contributed by atoms with Crippen LogP contribution in [0.15, 0.2) is 176 Å². The topological polar surface area (TPSA) is 216 Å². The Morgan fingerprint density at radius 1 is 0.346 bits per heavy atom. The number of nitrogens with one attached hydrogen (secondary N) is 4. The van der Waals surface area contributed by atoms with Crippen LogP contribution in [0.25, 0.3) is 0 Å². The van der Waals surface area contributed by atoms with Gasteiger partial charge >= 0.3 is 48.3 Å². The van der Waals surface area contributed by atoms with Gasteiger partial charge in [-0.25, -0.2) is 4.39 Å². The normalized spacial score (nSPS) is 15.7. The molecule has 8 aromatic rings. The van der Waals surface area contributed by atoms with Crippen molar-refractivity contribution in [2.45, 2.75) is 208 Å². The first-order valence-electron chi connectivity index (χ1n) is 42.7. The number of fused-ring (bicyclic) bond motifs is 1. The van der Waals surface area contributed by atoms with E-state index in [-0.39, 0.29) is 73.1 Å². The third-order valence-corrected chi connectivity index (χ3v) is 23.8. The van der Waals surface area contributed by atoms with Gasteiger partial charge in [-0.15, -0.1) is 25.7 Å². The summed E-state index contributed by atoms with van der Waals surface area (Å²) in [7, 11) is 0. The highest BCUT2D eigenvalue weighted by molar-refractivity contribution is 6.37. The number of hydrogen-bond donors (Lipinski definition) is 4. The number of terminal acetylenes is 4. The number of rotatable bonds is 20. The molecular weight excluding hydrogens is 1810 g/mol. The van der Waals surface area contributed by atoms with E-state index in [9.17, 15) is 95.4 Å². The minimum absolute atomic E-state index is 0.0346. The Morgan fingerprint density at radius 3 is 0.977 bits per heavy atom. The molecule has 34 heteroatoms. The molecule has 4 fully saturated rings. The Bertz CT molecular complexity index is 5660. The molecule has 4 unspecified atom stereocenters. The van der Waals surface area contributed by atoms with Crippen LogP contribution < -0.4 is 50.3 Å². The monoisotopic (exact) mass is 1900 g/mol. The van der Waals surface area contributed by atoms with Gasteiger partial charge in [0, 0.05) is 73.1 Å². The second kappa shape index (κ2) is 46.6. The van der Waals surface area contributed by atoms with Crippen LogP contribution in [-0.2, 0) is 63.1 Å². The number of nitrogens with zero attached hydrogens (tertiary/aromatic N) is 4. The van der Waals surface area contributed by atoms with Crippen molar-refractivity contribution in [2.24, 2.45) is 0 Å². The second-order valence-corrected chi connectivity index (χ2v) is 33.3. The predicted octanol–water partition coefficient (Wildman–Crippen LogP) is 21.6. The van der Waals surface area contributed by atoms with Gasteiger partial charge in [0.05, 0.1) is 22.3 Å². The lowest BCUT2D eigenvalue weighted by Crippen LogP contribution is -2.47. The van der Waals surface area contributed by atoms with Crippen molar-refractivity contribution >= 4 is 105 Å². The van der Waals surface area contributed by atoms with Gasteiger partial charge in [0.1, 0.15) is 43.2 Å². The number of ether oxygens (including phenoxy) is 2. The molecule has 0 aromatic heterocycles. The van der Waals surface area contributed by atoms with Crippen molar-refractivity contribution < 1.29 is 105 Å². The molecule has 0 saturated heterocycles. The zero-order valence-electron chi connectivity index (χ0n) is 71.6. The Hall–Kier alpha value is -12.7. The van der Waals surface area contributed by atoms with E-state index in [4.69, 9.17) is 70.0 Å². The summed E-state index contributed by atoms with van der Waals surface area (Å²) < 4.78 is 185. The first kappa shape index (κ1) is 102. The van der Waals surface area contributed by atoms with Gasteiger partial charge in [0.15, 0.2) is 11.5 Å². The number of aryl methyl sites for hydroxylation is 1. The van der Waals surface area contributed by atoms with Gasteiger partial charge in [-0.05, 0) is 202 Å². The van der Waals surface area contributed by atoms with Crippen LogP contribution in [-0.4, -0.2) is 84.6 Å². The highest BCUT2D eigenvalue weighted by Crippen LogP contribution is 2.45. The van der Waals surface area contributed by atoms with Crippen LogP contribution in [0.3, 0.4) is 0 Å². The van der Waals surface area contributed by atoms with Crippen LogP contribution in [0.4, 0.5) is 79.8 Å². The Balaban J connectivity index is 0.000000184. The molecule has 8 amide bonds. The number of alkyl halides is 12. The Labute approximate surface area is 775 Å². The fraction of sp³-hybridized carbons (Fsp3) is 0.354. The lowest BCUT2D eigenvalue weighted by Gasteiger charge is -2.33. The standard InChI is InChI=1S/C26H25F3N2O4.C25H25F3N2O2.C24H21Cl2F3N2O2.C24H21ClF4N2O2/c1-2-23(32)31(20-10-6-7-18(16-20)26(27,28)29)24(25(33)30-19-8-4-3-5-9-19)17-11-12-21-22(15-17)35-14-13-34-21;1-3-22(31)30(21-14-8-11-19(16-21)25(26,27)28)23(18-10-7-9-17(2)15-18)24(32)29-20-12-5-4-6-13-20;1-2-20(32)31(17-11-6-8-15(14-17)24(27,28)29)22(21-18(25)12-7-13-19(21)26)23(33)30-16-9-4-3-5-10-16;1-2-21(32)31(18-10-6-7-15(13-18)24(27,28)29)22(19-12-11-16(26)14-20(19)25)23(33)30-17-8-4-3-5-9-17/h1,6-7,10-12,15-16,19,24H,3-5,8-9,13-14H2,(H,30,33);1,7-11,14-16,20,23H,4-6,12-13H2,2H3,(H,29,32);1,6-8,11-14,16,22H,3-5,9-10H2,(H,30,33);1,6-7,10-14,17,22H,3-5,8-9H2,(H,30,33). The highest BCUT2D eigenvalue weighted by atomic mass is 35.5. The second-order valence-electron chi connectivity index (χ2n) is 32.1. The summed E-state index contributed by atoms with van der Waals surface area (Å²) in [6.45, 7) is 2.50. The number of halogens is 16. The van der Waals surface area contributed by atoms with E-state index >= 15 is 0 Å². The van der Waals surface area contributed by atoms with E-state index in [0.717, 1.165) is 226 Å².